The first kappa shape index (κ1) is 14.2. The second-order valence-electron chi connectivity index (χ2n) is 3.65. The Labute approximate surface area is 101 Å². The van der Waals surface area contributed by atoms with Crippen molar-refractivity contribution in [1.82, 2.24) is 5.32 Å². The van der Waals surface area contributed by atoms with Gasteiger partial charge in [0.15, 0.2) is 0 Å². The van der Waals surface area contributed by atoms with Gasteiger partial charge in [0.25, 0.3) is 0 Å². The minimum Gasteiger partial charge on any atom is -0.312 e. The summed E-state index contributed by atoms with van der Waals surface area (Å²) in [6.07, 6.45) is -2.68. The van der Waals surface area contributed by atoms with Gasteiger partial charge in [-0.1, -0.05) is 12.1 Å². The van der Waals surface area contributed by atoms with Crippen LogP contribution >= 0.6 is 0 Å². The van der Waals surface area contributed by atoms with Crippen molar-refractivity contribution in [2.45, 2.75) is 12.7 Å². The lowest BCUT2D eigenvalue weighted by atomic mass is 10.1. The lowest BCUT2D eigenvalue weighted by molar-refractivity contribution is -0.137. The molecule has 0 aliphatic heterocycles. The van der Waals surface area contributed by atoms with E-state index in [-0.39, 0.29) is 0 Å². The summed E-state index contributed by atoms with van der Waals surface area (Å²) in [6.45, 7) is 1.07. The van der Waals surface area contributed by atoms with Gasteiger partial charge in [-0.3, -0.25) is 4.21 Å². The van der Waals surface area contributed by atoms with Crippen LogP contribution < -0.4 is 5.32 Å². The van der Waals surface area contributed by atoms with Gasteiger partial charge in [0.2, 0.25) is 0 Å². The van der Waals surface area contributed by atoms with Gasteiger partial charge < -0.3 is 5.32 Å². The summed E-state index contributed by atoms with van der Waals surface area (Å²) in [5.41, 5.74) is 0.135. The van der Waals surface area contributed by atoms with Crippen LogP contribution in [0.4, 0.5) is 13.2 Å². The number of halogens is 3. The molecule has 1 aromatic carbocycles. The van der Waals surface area contributed by atoms with Crippen molar-refractivity contribution in [2.24, 2.45) is 0 Å². The highest BCUT2D eigenvalue weighted by molar-refractivity contribution is 7.84. The van der Waals surface area contributed by atoms with E-state index < -0.39 is 22.5 Å². The van der Waals surface area contributed by atoms with Crippen molar-refractivity contribution in [3.05, 3.63) is 35.4 Å². The van der Waals surface area contributed by atoms with Crippen LogP contribution in [0.15, 0.2) is 24.3 Å². The van der Waals surface area contributed by atoms with Gasteiger partial charge in [-0.25, -0.2) is 0 Å². The standard InChI is InChI=1S/C11H14F3NOS/c1-17(16)7-6-15-8-9-2-4-10(5-3-9)11(12,13)14/h2-5,15H,6-8H2,1H3. The number of nitrogens with one attached hydrogen (secondary N) is 1. The summed E-state index contributed by atoms with van der Waals surface area (Å²) in [7, 11) is -0.850. The smallest absolute Gasteiger partial charge is 0.312 e. The molecule has 0 bridgehead atoms. The predicted molar refractivity (Wildman–Crippen MR) is 62.1 cm³/mol. The molecule has 1 atom stereocenters. The lowest BCUT2D eigenvalue weighted by Gasteiger charge is -2.08. The van der Waals surface area contributed by atoms with Crippen LogP contribution in [-0.4, -0.2) is 22.8 Å². The van der Waals surface area contributed by atoms with E-state index in [2.05, 4.69) is 5.32 Å². The quantitative estimate of drug-likeness (QED) is 0.827. The molecule has 2 nitrogen and oxygen atoms in total. The zero-order valence-electron chi connectivity index (χ0n) is 9.38. The Bertz CT molecular complexity index is 375. The number of rotatable bonds is 5. The summed E-state index contributed by atoms with van der Waals surface area (Å²) < 4.78 is 47.6. The van der Waals surface area contributed by atoms with Crippen molar-refractivity contribution in [1.29, 1.82) is 0 Å². The van der Waals surface area contributed by atoms with Crippen LogP contribution in [0.1, 0.15) is 11.1 Å². The van der Waals surface area contributed by atoms with Crippen molar-refractivity contribution in [3.63, 3.8) is 0 Å². The molecule has 1 unspecified atom stereocenters. The van der Waals surface area contributed by atoms with Crippen molar-refractivity contribution < 1.29 is 17.4 Å². The van der Waals surface area contributed by atoms with Gasteiger partial charge in [-0.05, 0) is 17.7 Å². The maximum Gasteiger partial charge on any atom is 0.416 e. The fraction of sp³-hybridized carbons (Fsp3) is 0.455. The highest BCUT2D eigenvalue weighted by Crippen LogP contribution is 2.28. The van der Waals surface area contributed by atoms with Gasteiger partial charge in [-0.2, -0.15) is 13.2 Å². The fourth-order valence-corrected chi connectivity index (χ4v) is 1.69. The first-order valence-corrected chi connectivity index (χ1v) is 6.79. The monoisotopic (exact) mass is 265 g/mol. The molecule has 1 rings (SSSR count). The average Bonchev–Trinajstić information content (AvgIpc) is 2.23. The molecule has 0 spiro atoms. The summed E-state index contributed by atoms with van der Waals surface area (Å²) >= 11 is 0. The topological polar surface area (TPSA) is 29.1 Å². The van der Waals surface area contributed by atoms with Crippen molar-refractivity contribution in [2.75, 3.05) is 18.6 Å². The second kappa shape index (κ2) is 6.16. The molecule has 0 radical (unpaired) electrons. The van der Waals surface area contributed by atoms with E-state index in [1.165, 1.54) is 12.1 Å². The van der Waals surface area contributed by atoms with Gasteiger partial charge in [-0.15, -0.1) is 0 Å². The molecule has 0 aromatic heterocycles. The molecule has 1 aromatic rings. The minimum absolute atomic E-state index is 0.481. The van der Waals surface area contributed by atoms with Crippen LogP contribution in [-0.2, 0) is 23.5 Å². The normalized spacial score (nSPS) is 13.6. The molecule has 0 heterocycles. The SMILES string of the molecule is CS(=O)CCNCc1ccc(C(F)(F)F)cc1. The molecule has 17 heavy (non-hydrogen) atoms. The maximum absolute atomic E-state index is 12.3. The molecule has 0 saturated carbocycles. The van der Waals surface area contributed by atoms with Crippen molar-refractivity contribution in [3.8, 4) is 0 Å². The fourth-order valence-electron chi connectivity index (χ4n) is 1.26. The first-order valence-electron chi connectivity index (χ1n) is 5.06. The maximum atomic E-state index is 12.3. The van der Waals surface area contributed by atoms with E-state index in [0.29, 0.717) is 18.8 Å². The Hall–Kier alpha value is -0.880. The Kier molecular flexibility index (Phi) is 5.14. The molecule has 0 aliphatic carbocycles. The highest BCUT2D eigenvalue weighted by Gasteiger charge is 2.29. The summed E-state index contributed by atoms with van der Waals surface area (Å²) in [5.74, 6) is 0.542. The van der Waals surface area contributed by atoms with Crippen LogP contribution in [0.2, 0.25) is 0 Å². The number of hydrogen-bond acceptors (Lipinski definition) is 2. The summed E-state index contributed by atoms with van der Waals surface area (Å²) in [4.78, 5) is 0. The minimum atomic E-state index is -4.29. The van der Waals surface area contributed by atoms with E-state index >= 15 is 0 Å². The number of hydrogen-bond donors (Lipinski definition) is 1. The largest absolute Gasteiger partial charge is 0.416 e. The Morgan fingerprint density at radius 3 is 2.29 bits per heavy atom. The van der Waals surface area contributed by atoms with Crippen molar-refractivity contribution >= 4 is 10.8 Å². The lowest BCUT2D eigenvalue weighted by Crippen LogP contribution is -2.19. The molecular weight excluding hydrogens is 251 g/mol. The van der Waals surface area contributed by atoms with Crippen LogP contribution in [0, 0.1) is 0 Å². The molecule has 1 N–H and O–H groups in total. The second-order valence-corrected chi connectivity index (χ2v) is 5.20. The van der Waals surface area contributed by atoms with Gasteiger partial charge in [0.1, 0.15) is 0 Å². The van der Waals surface area contributed by atoms with E-state index in [4.69, 9.17) is 0 Å². The zero-order valence-corrected chi connectivity index (χ0v) is 10.2. The number of alkyl halides is 3. The van der Waals surface area contributed by atoms with E-state index in [1.807, 2.05) is 0 Å². The molecule has 96 valence electrons. The summed E-state index contributed by atoms with van der Waals surface area (Å²) in [5, 5.41) is 3.02. The predicted octanol–water partition coefficient (Wildman–Crippen LogP) is 2.17. The van der Waals surface area contributed by atoms with Crippen LogP contribution in [0.3, 0.4) is 0 Å². The third kappa shape index (κ3) is 5.32. The molecule has 0 fully saturated rings. The third-order valence-corrected chi connectivity index (χ3v) is 2.96. The summed E-state index contributed by atoms with van der Waals surface area (Å²) in [6, 6.07) is 5.02. The molecule has 0 amide bonds. The molecular formula is C11H14F3NOS. The van der Waals surface area contributed by atoms with Gasteiger partial charge in [0.05, 0.1) is 5.56 Å². The number of benzene rings is 1. The first-order chi connectivity index (χ1) is 7.89. The Balaban J connectivity index is 2.43. The zero-order chi connectivity index (χ0) is 12.9. The van der Waals surface area contributed by atoms with Crippen LogP contribution in [0.5, 0.6) is 0 Å². The van der Waals surface area contributed by atoms with Crippen LogP contribution in [0.25, 0.3) is 0 Å². The molecule has 0 saturated heterocycles. The van der Waals surface area contributed by atoms with Gasteiger partial charge in [0, 0.05) is 35.9 Å². The Morgan fingerprint density at radius 2 is 1.82 bits per heavy atom. The third-order valence-electron chi connectivity index (χ3n) is 2.18. The molecule has 6 heteroatoms. The van der Waals surface area contributed by atoms with E-state index in [1.54, 1.807) is 6.26 Å². The Morgan fingerprint density at radius 1 is 1.24 bits per heavy atom. The van der Waals surface area contributed by atoms with E-state index in [9.17, 15) is 17.4 Å². The molecule has 0 aliphatic rings. The van der Waals surface area contributed by atoms with Gasteiger partial charge >= 0.3 is 6.18 Å². The van der Waals surface area contributed by atoms with E-state index in [0.717, 1.165) is 17.7 Å². The highest BCUT2D eigenvalue weighted by atomic mass is 32.2. The average molecular weight is 265 g/mol.